The van der Waals surface area contributed by atoms with Gasteiger partial charge in [-0.3, -0.25) is 4.90 Å². The Labute approximate surface area is 182 Å². The lowest BCUT2D eigenvalue weighted by atomic mass is 10.1. The molecule has 0 amide bonds. The van der Waals surface area contributed by atoms with E-state index in [4.69, 9.17) is 4.42 Å². The van der Waals surface area contributed by atoms with Crippen molar-refractivity contribution in [3.63, 3.8) is 0 Å². The van der Waals surface area contributed by atoms with Gasteiger partial charge in [-0.25, -0.2) is 4.98 Å². The van der Waals surface area contributed by atoms with Crippen LogP contribution >= 0.6 is 11.8 Å². The summed E-state index contributed by atoms with van der Waals surface area (Å²) in [5.41, 5.74) is 3.02. The Morgan fingerprint density at radius 1 is 1.13 bits per heavy atom. The number of para-hydroxylation sites is 1. The lowest BCUT2D eigenvalue weighted by Crippen LogP contribution is -2.18. The lowest BCUT2D eigenvalue weighted by molar-refractivity contribution is 0.378. The quantitative estimate of drug-likeness (QED) is 0.484. The number of rotatable bonds is 8. The van der Waals surface area contributed by atoms with Crippen LogP contribution in [0.4, 0.5) is 0 Å². The maximum absolute atomic E-state index is 10.3. The molecule has 2 aromatic carbocycles. The summed E-state index contributed by atoms with van der Waals surface area (Å²) in [6.07, 6.45) is 8.84. The Bertz CT molecular complexity index is 975. The molecule has 4 nitrogen and oxygen atoms in total. The molecule has 1 aliphatic rings. The van der Waals surface area contributed by atoms with Gasteiger partial charge in [0.15, 0.2) is 5.76 Å². The van der Waals surface area contributed by atoms with Crippen molar-refractivity contribution in [2.24, 2.45) is 0 Å². The number of hydrogen-bond donors (Lipinski definition) is 1. The second kappa shape index (κ2) is 10.0. The molecular weight excluding hydrogens is 392 g/mol. The number of phenolic OH excluding ortho intramolecular Hbond substituents is 1. The number of thioether (sulfide) groups is 1. The number of benzene rings is 2. The number of nitrogens with zero attached hydrogens (tertiary/aromatic N) is 2. The maximum atomic E-state index is 10.3. The topological polar surface area (TPSA) is 49.5 Å². The lowest BCUT2D eigenvalue weighted by Gasteiger charge is -2.14. The summed E-state index contributed by atoms with van der Waals surface area (Å²) in [7, 11) is 0. The summed E-state index contributed by atoms with van der Waals surface area (Å²) in [6.45, 7) is 5.55. The summed E-state index contributed by atoms with van der Waals surface area (Å²) >= 11 is 1.70. The Hall–Kier alpha value is -2.50. The normalized spacial score (nSPS) is 15.8. The van der Waals surface area contributed by atoms with Gasteiger partial charge in [-0.05, 0) is 43.3 Å². The monoisotopic (exact) mass is 420 g/mol. The molecule has 1 aromatic heterocycles. The highest BCUT2D eigenvalue weighted by Crippen LogP contribution is 2.40. The molecule has 1 fully saturated rings. The first kappa shape index (κ1) is 20.8. The molecule has 1 saturated heterocycles. The highest BCUT2D eigenvalue weighted by molar-refractivity contribution is 7.99. The molecule has 0 saturated carbocycles. The molecule has 1 unspecified atom stereocenters. The zero-order valence-corrected chi connectivity index (χ0v) is 18.1. The van der Waals surface area contributed by atoms with E-state index >= 15 is 0 Å². The van der Waals surface area contributed by atoms with Gasteiger partial charge in [0.1, 0.15) is 11.0 Å². The minimum atomic E-state index is -0.127. The zero-order valence-electron chi connectivity index (χ0n) is 17.3. The van der Waals surface area contributed by atoms with Gasteiger partial charge in [0.2, 0.25) is 5.89 Å². The van der Waals surface area contributed by atoms with Gasteiger partial charge >= 0.3 is 0 Å². The van der Waals surface area contributed by atoms with Gasteiger partial charge in [0.05, 0.1) is 6.20 Å². The van der Waals surface area contributed by atoms with E-state index < -0.39 is 0 Å². The van der Waals surface area contributed by atoms with Gasteiger partial charge in [-0.15, -0.1) is 11.8 Å². The van der Waals surface area contributed by atoms with Crippen LogP contribution in [0.2, 0.25) is 0 Å². The minimum absolute atomic E-state index is 0.127. The van der Waals surface area contributed by atoms with Crippen LogP contribution in [-0.4, -0.2) is 40.4 Å². The molecule has 30 heavy (non-hydrogen) atoms. The van der Waals surface area contributed by atoms with Gasteiger partial charge < -0.3 is 9.52 Å². The number of phenols is 1. The van der Waals surface area contributed by atoms with Crippen LogP contribution in [0.1, 0.15) is 42.0 Å². The van der Waals surface area contributed by atoms with E-state index in [0.717, 1.165) is 29.2 Å². The molecular formula is C25H28N2O2S. The first-order valence-corrected chi connectivity index (χ1v) is 11.6. The molecule has 0 radical (unpaired) electrons. The van der Waals surface area contributed by atoms with Gasteiger partial charge in [0, 0.05) is 17.7 Å². The summed E-state index contributed by atoms with van der Waals surface area (Å²) < 4.78 is 6.11. The highest BCUT2D eigenvalue weighted by atomic mass is 32.2. The first-order valence-electron chi connectivity index (χ1n) is 10.6. The average molecular weight is 421 g/mol. The first-order chi connectivity index (χ1) is 14.7. The second-order valence-electron chi connectivity index (χ2n) is 7.49. The molecule has 5 heteroatoms. The molecule has 0 aliphatic carbocycles. The Morgan fingerprint density at radius 2 is 1.90 bits per heavy atom. The second-order valence-corrected chi connectivity index (χ2v) is 8.87. The number of likely N-dealkylation sites (tertiary alicyclic amines) is 1. The van der Waals surface area contributed by atoms with Crippen molar-refractivity contribution in [1.82, 2.24) is 9.88 Å². The van der Waals surface area contributed by atoms with Crippen LogP contribution in [0.15, 0.2) is 65.2 Å². The Morgan fingerprint density at radius 3 is 2.63 bits per heavy atom. The Kier molecular flexibility index (Phi) is 6.92. The van der Waals surface area contributed by atoms with Crippen molar-refractivity contribution in [3.05, 3.63) is 77.8 Å². The largest absolute Gasteiger partial charge is 0.508 e. The van der Waals surface area contributed by atoms with E-state index in [9.17, 15) is 5.11 Å². The average Bonchev–Trinajstić information content (AvgIpc) is 3.46. The standard InChI is InChI=1S/C25H28N2O2S/c1-2-30-24(21-9-3-4-10-22(21)28)25-26-18-23(29-25)20-13-11-19(12-14-20)8-7-17-27-15-5-6-16-27/h3-4,7-14,18,24,28H,2,5-6,15-17H2,1H3. The third kappa shape index (κ3) is 4.97. The molecule has 2 heterocycles. The van der Waals surface area contributed by atoms with Crippen LogP contribution < -0.4 is 0 Å². The van der Waals surface area contributed by atoms with Crippen molar-refractivity contribution in [2.75, 3.05) is 25.4 Å². The summed E-state index contributed by atoms with van der Waals surface area (Å²) in [5, 5.41) is 10.1. The molecule has 1 aliphatic heterocycles. The summed E-state index contributed by atoms with van der Waals surface area (Å²) in [4.78, 5) is 7.01. The number of oxazole rings is 1. The molecule has 4 rings (SSSR count). The number of aromatic nitrogens is 1. The molecule has 1 N–H and O–H groups in total. The maximum Gasteiger partial charge on any atom is 0.212 e. The predicted octanol–water partition coefficient (Wildman–Crippen LogP) is 6.00. The molecule has 156 valence electrons. The minimum Gasteiger partial charge on any atom is -0.508 e. The van der Waals surface area contributed by atoms with Crippen LogP contribution in [0.5, 0.6) is 5.75 Å². The highest BCUT2D eigenvalue weighted by Gasteiger charge is 2.22. The summed E-state index contributed by atoms with van der Waals surface area (Å²) in [6, 6.07) is 15.8. The van der Waals surface area contributed by atoms with E-state index in [1.165, 1.54) is 31.5 Å². The third-order valence-electron chi connectivity index (χ3n) is 5.37. The van der Waals surface area contributed by atoms with Gasteiger partial charge in [-0.1, -0.05) is 61.5 Å². The molecule has 3 aromatic rings. The van der Waals surface area contributed by atoms with E-state index in [-0.39, 0.29) is 11.0 Å². The smallest absolute Gasteiger partial charge is 0.212 e. The summed E-state index contributed by atoms with van der Waals surface area (Å²) in [5.74, 6) is 2.53. The van der Waals surface area contributed by atoms with Crippen LogP contribution in [0.3, 0.4) is 0 Å². The van der Waals surface area contributed by atoms with Crippen LogP contribution in [0, 0.1) is 0 Å². The third-order valence-corrected chi connectivity index (χ3v) is 6.49. The fourth-order valence-electron chi connectivity index (χ4n) is 3.77. The number of hydrogen-bond acceptors (Lipinski definition) is 5. The number of aromatic hydroxyl groups is 1. The van der Waals surface area contributed by atoms with Crippen LogP contribution in [0.25, 0.3) is 17.4 Å². The van der Waals surface area contributed by atoms with Crippen molar-refractivity contribution < 1.29 is 9.52 Å². The van der Waals surface area contributed by atoms with E-state index in [1.807, 2.05) is 18.2 Å². The fourth-order valence-corrected chi connectivity index (χ4v) is 4.74. The van der Waals surface area contributed by atoms with Crippen molar-refractivity contribution in [1.29, 1.82) is 0 Å². The van der Waals surface area contributed by atoms with E-state index in [1.54, 1.807) is 24.0 Å². The van der Waals surface area contributed by atoms with E-state index in [2.05, 4.69) is 53.2 Å². The fraction of sp³-hybridized carbons (Fsp3) is 0.320. The SMILES string of the molecule is CCSC(c1ncc(-c2ccc(C=CCN3CCCC3)cc2)o1)c1ccccc1O. The molecule has 0 spiro atoms. The Balaban J connectivity index is 1.47. The van der Waals surface area contributed by atoms with Crippen molar-refractivity contribution >= 4 is 17.8 Å². The predicted molar refractivity (Wildman–Crippen MR) is 125 cm³/mol. The molecule has 1 atom stereocenters. The van der Waals surface area contributed by atoms with Gasteiger partial charge in [-0.2, -0.15) is 0 Å². The van der Waals surface area contributed by atoms with Crippen molar-refractivity contribution in [2.45, 2.75) is 25.0 Å². The van der Waals surface area contributed by atoms with Crippen LogP contribution in [-0.2, 0) is 0 Å². The zero-order chi connectivity index (χ0) is 20.8. The van der Waals surface area contributed by atoms with Crippen molar-refractivity contribution in [3.8, 4) is 17.1 Å². The van der Waals surface area contributed by atoms with Gasteiger partial charge in [0.25, 0.3) is 0 Å². The molecule has 0 bridgehead atoms. The van der Waals surface area contributed by atoms with E-state index in [0.29, 0.717) is 5.89 Å².